The average molecular weight is 213 g/mol. The molecular formula is C14H12FN. The first-order valence-corrected chi connectivity index (χ1v) is 5.11. The summed E-state index contributed by atoms with van der Waals surface area (Å²) in [6, 6.07) is 8.51. The number of benzene rings is 1. The van der Waals surface area contributed by atoms with Gasteiger partial charge in [-0.25, -0.2) is 4.39 Å². The summed E-state index contributed by atoms with van der Waals surface area (Å²) in [5.41, 5.74) is 2.08. The molecule has 1 aromatic carbocycles. The van der Waals surface area contributed by atoms with E-state index in [1.807, 2.05) is 30.0 Å². The van der Waals surface area contributed by atoms with Crippen molar-refractivity contribution in [3.63, 3.8) is 0 Å². The predicted molar refractivity (Wildman–Crippen MR) is 62.5 cm³/mol. The molecule has 1 heterocycles. The van der Waals surface area contributed by atoms with E-state index in [1.165, 1.54) is 12.1 Å². The lowest BCUT2D eigenvalue weighted by Crippen LogP contribution is -1.95. The molecule has 0 aliphatic heterocycles. The maximum absolute atomic E-state index is 12.7. The van der Waals surface area contributed by atoms with Gasteiger partial charge in [0.15, 0.2) is 0 Å². The van der Waals surface area contributed by atoms with Gasteiger partial charge >= 0.3 is 0 Å². The van der Waals surface area contributed by atoms with Crippen LogP contribution in [0, 0.1) is 17.7 Å². The molecule has 2 rings (SSSR count). The Bertz CT molecular complexity index is 526. The minimum absolute atomic E-state index is 0.200. The van der Waals surface area contributed by atoms with Crippen LogP contribution in [0.3, 0.4) is 0 Å². The van der Waals surface area contributed by atoms with Gasteiger partial charge < -0.3 is 4.57 Å². The lowest BCUT2D eigenvalue weighted by Gasteiger charge is -2.02. The minimum atomic E-state index is -0.200. The third-order valence-corrected chi connectivity index (χ3v) is 2.30. The van der Waals surface area contributed by atoms with Gasteiger partial charge in [0.2, 0.25) is 0 Å². The highest BCUT2D eigenvalue weighted by Gasteiger charge is 1.96. The number of hydrogen-bond donors (Lipinski definition) is 0. The lowest BCUT2D eigenvalue weighted by molar-refractivity contribution is 0.626. The van der Waals surface area contributed by atoms with Crippen LogP contribution in [-0.2, 0) is 6.54 Å². The van der Waals surface area contributed by atoms with E-state index in [0.717, 1.165) is 17.7 Å². The van der Waals surface area contributed by atoms with E-state index in [9.17, 15) is 4.39 Å². The Morgan fingerprint density at radius 2 is 1.94 bits per heavy atom. The molecule has 0 amide bonds. The Kier molecular flexibility index (Phi) is 3.07. The third-order valence-electron chi connectivity index (χ3n) is 2.30. The lowest BCUT2D eigenvalue weighted by atomic mass is 10.2. The van der Waals surface area contributed by atoms with Crippen molar-refractivity contribution in [3.05, 3.63) is 59.7 Å². The molecule has 0 fully saturated rings. The standard InChI is InChI=1S/C14H12FN/c1-2-3-12-8-9-16(10-12)11-13-4-6-14(15)7-5-13/h4-10H,11H2,1H3. The normalized spacial score (nSPS) is 9.62. The van der Waals surface area contributed by atoms with E-state index < -0.39 is 0 Å². The highest BCUT2D eigenvalue weighted by atomic mass is 19.1. The molecule has 1 nitrogen and oxygen atoms in total. The summed E-state index contributed by atoms with van der Waals surface area (Å²) >= 11 is 0. The zero-order chi connectivity index (χ0) is 11.4. The molecule has 0 atom stereocenters. The zero-order valence-corrected chi connectivity index (χ0v) is 9.07. The average Bonchev–Trinajstić information content (AvgIpc) is 2.70. The molecule has 0 saturated heterocycles. The molecule has 0 saturated carbocycles. The van der Waals surface area contributed by atoms with E-state index in [4.69, 9.17) is 0 Å². The van der Waals surface area contributed by atoms with Gasteiger partial charge in [-0.2, -0.15) is 0 Å². The van der Waals surface area contributed by atoms with Gasteiger partial charge in [-0.15, -0.1) is 5.92 Å². The Labute approximate surface area is 94.5 Å². The summed E-state index contributed by atoms with van der Waals surface area (Å²) < 4.78 is 14.7. The van der Waals surface area contributed by atoms with Gasteiger partial charge in [-0.1, -0.05) is 18.1 Å². The van der Waals surface area contributed by atoms with Crippen LogP contribution in [0.1, 0.15) is 18.1 Å². The molecule has 0 aliphatic carbocycles. The van der Waals surface area contributed by atoms with Gasteiger partial charge in [0.1, 0.15) is 5.82 Å². The predicted octanol–water partition coefficient (Wildman–Crippen LogP) is 3.05. The number of rotatable bonds is 2. The fraction of sp³-hybridized carbons (Fsp3) is 0.143. The van der Waals surface area contributed by atoms with Crippen molar-refractivity contribution in [1.82, 2.24) is 4.57 Å². The number of hydrogen-bond acceptors (Lipinski definition) is 0. The number of aromatic nitrogens is 1. The van der Waals surface area contributed by atoms with Crippen molar-refractivity contribution < 1.29 is 4.39 Å². The molecule has 80 valence electrons. The molecule has 2 aromatic rings. The van der Waals surface area contributed by atoms with Gasteiger partial charge in [0.25, 0.3) is 0 Å². The van der Waals surface area contributed by atoms with Crippen LogP contribution >= 0.6 is 0 Å². The van der Waals surface area contributed by atoms with Crippen LogP contribution in [0.2, 0.25) is 0 Å². The fourth-order valence-electron chi connectivity index (χ4n) is 1.56. The van der Waals surface area contributed by atoms with Crippen LogP contribution in [0.25, 0.3) is 0 Å². The van der Waals surface area contributed by atoms with Gasteiger partial charge in [-0.3, -0.25) is 0 Å². The first kappa shape index (κ1) is 10.5. The largest absolute Gasteiger partial charge is 0.349 e. The topological polar surface area (TPSA) is 4.93 Å². The van der Waals surface area contributed by atoms with E-state index in [2.05, 4.69) is 11.8 Å². The van der Waals surface area contributed by atoms with Crippen molar-refractivity contribution in [1.29, 1.82) is 0 Å². The molecule has 0 N–H and O–H groups in total. The Hall–Kier alpha value is -2.01. The minimum Gasteiger partial charge on any atom is -0.349 e. The summed E-state index contributed by atoms with van der Waals surface area (Å²) in [6.45, 7) is 2.56. The van der Waals surface area contributed by atoms with Crippen molar-refractivity contribution in [3.8, 4) is 11.8 Å². The molecule has 0 radical (unpaired) electrons. The molecule has 0 unspecified atom stereocenters. The van der Waals surface area contributed by atoms with Crippen LogP contribution in [0.4, 0.5) is 4.39 Å². The van der Waals surface area contributed by atoms with E-state index in [1.54, 1.807) is 12.1 Å². The van der Waals surface area contributed by atoms with Crippen molar-refractivity contribution in [2.24, 2.45) is 0 Å². The summed E-state index contributed by atoms with van der Waals surface area (Å²) in [7, 11) is 0. The van der Waals surface area contributed by atoms with E-state index >= 15 is 0 Å². The molecule has 0 spiro atoms. The molecule has 0 aliphatic rings. The Balaban J connectivity index is 2.13. The first-order valence-electron chi connectivity index (χ1n) is 5.11. The summed E-state index contributed by atoms with van der Waals surface area (Å²) in [4.78, 5) is 0. The smallest absolute Gasteiger partial charge is 0.123 e. The quantitative estimate of drug-likeness (QED) is 0.676. The summed E-state index contributed by atoms with van der Waals surface area (Å²) in [5, 5.41) is 0. The second-order valence-electron chi connectivity index (χ2n) is 3.57. The van der Waals surface area contributed by atoms with Crippen LogP contribution in [0.15, 0.2) is 42.7 Å². The van der Waals surface area contributed by atoms with E-state index in [-0.39, 0.29) is 5.82 Å². The Morgan fingerprint density at radius 3 is 2.62 bits per heavy atom. The zero-order valence-electron chi connectivity index (χ0n) is 9.07. The Morgan fingerprint density at radius 1 is 1.19 bits per heavy atom. The molecule has 0 bridgehead atoms. The molecule has 2 heteroatoms. The second kappa shape index (κ2) is 4.67. The van der Waals surface area contributed by atoms with Crippen LogP contribution in [-0.4, -0.2) is 4.57 Å². The second-order valence-corrected chi connectivity index (χ2v) is 3.57. The maximum Gasteiger partial charge on any atom is 0.123 e. The maximum atomic E-state index is 12.7. The highest BCUT2D eigenvalue weighted by Crippen LogP contribution is 2.07. The van der Waals surface area contributed by atoms with Crippen LogP contribution < -0.4 is 0 Å². The summed E-state index contributed by atoms with van der Waals surface area (Å²) in [5.74, 6) is 5.65. The first-order chi connectivity index (χ1) is 7.78. The summed E-state index contributed by atoms with van der Waals surface area (Å²) in [6.07, 6.45) is 3.96. The van der Waals surface area contributed by atoms with Crippen molar-refractivity contribution in [2.75, 3.05) is 0 Å². The van der Waals surface area contributed by atoms with Gasteiger partial charge in [0, 0.05) is 24.5 Å². The molecule has 1 aromatic heterocycles. The third kappa shape index (κ3) is 2.52. The monoisotopic (exact) mass is 213 g/mol. The highest BCUT2D eigenvalue weighted by molar-refractivity contribution is 5.32. The van der Waals surface area contributed by atoms with E-state index in [0.29, 0.717) is 0 Å². The van der Waals surface area contributed by atoms with Gasteiger partial charge in [0.05, 0.1) is 0 Å². The molecule has 16 heavy (non-hydrogen) atoms. The fourth-order valence-corrected chi connectivity index (χ4v) is 1.56. The molecular weight excluding hydrogens is 201 g/mol. The van der Waals surface area contributed by atoms with Crippen molar-refractivity contribution in [2.45, 2.75) is 13.5 Å². The van der Waals surface area contributed by atoms with Crippen molar-refractivity contribution >= 4 is 0 Å². The SMILES string of the molecule is CC#Cc1ccn(Cc2ccc(F)cc2)c1. The number of nitrogens with zero attached hydrogens (tertiary/aromatic N) is 1. The number of halogens is 1. The van der Waals surface area contributed by atoms with Crippen LogP contribution in [0.5, 0.6) is 0 Å². The van der Waals surface area contributed by atoms with Gasteiger partial charge in [-0.05, 0) is 30.7 Å².